The van der Waals surface area contributed by atoms with E-state index in [-0.39, 0.29) is 12.5 Å². The summed E-state index contributed by atoms with van der Waals surface area (Å²) < 4.78 is 10.9. The van der Waals surface area contributed by atoms with Crippen molar-refractivity contribution in [2.75, 3.05) is 18.1 Å². The van der Waals surface area contributed by atoms with Crippen LogP contribution < -0.4 is 9.64 Å². The first-order chi connectivity index (χ1) is 13.1. The Hall–Kier alpha value is -2.82. The summed E-state index contributed by atoms with van der Waals surface area (Å²) in [5, 5.41) is 0. The number of amides is 1. The second-order valence-electron chi connectivity index (χ2n) is 7.07. The maximum atomic E-state index is 12.7. The van der Waals surface area contributed by atoms with E-state index in [4.69, 9.17) is 9.47 Å². The minimum absolute atomic E-state index is 0.201. The monoisotopic (exact) mass is 365 g/mol. The van der Waals surface area contributed by atoms with E-state index in [0.29, 0.717) is 12.3 Å². The van der Waals surface area contributed by atoms with Gasteiger partial charge in [-0.05, 0) is 67.5 Å². The van der Waals surface area contributed by atoms with Gasteiger partial charge in [0.2, 0.25) is 0 Å². The summed E-state index contributed by atoms with van der Waals surface area (Å²) in [4.78, 5) is 26.5. The first-order valence-electron chi connectivity index (χ1n) is 9.45. The van der Waals surface area contributed by atoms with Crippen LogP contribution in [0.1, 0.15) is 30.0 Å². The van der Waals surface area contributed by atoms with Crippen LogP contribution in [0.15, 0.2) is 42.5 Å². The molecule has 4 rings (SSSR count). The van der Waals surface area contributed by atoms with Gasteiger partial charge < -0.3 is 14.4 Å². The minimum Gasteiger partial charge on any atom is -0.482 e. The standard InChI is InChI=1S/C22H23NO4/c1-15(22(25)23-12-11-17-5-2-3-8-20(17)23)27-21(24)14-26-19-10-9-16-6-4-7-18(16)13-19/h2-3,5,8-10,13,15H,4,6-7,11-12,14H2,1H3/t15-/m0/s1. The molecule has 1 heterocycles. The van der Waals surface area contributed by atoms with E-state index in [1.54, 1.807) is 11.8 Å². The normalized spacial score (nSPS) is 15.8. The maximum absolute atomic E-state index is 12.7. The van der Waals surface area contributed by atoms with Crippen molar-refractivity contribution in [3.8, 4) is 5.75 Å². The van der Waals surface area contributed by atoms with Crippen molar-refractivity contribution in [3.05, 3.63) is 59.2 Å². The fourth-order valence-corrected chi connectivity index (χ4v) is 3.85. The van der Waals surface area contributed by atoms with Crippen molar-refractivity contribution in [1.29, 1.82) is 0 Å². The van der Waals surface area contributed by atoms with Gasteiger partial charge in [0.15, 0.2) is 12.7 Å². The van der Waals surface area contributed by atoms with Gasteiger partial charge in [0.25, 0.3) is 5.91 Å². The van der Waals surface area contributed by atoms with E-state index in [1.165, 1.54) is 17.5 Å². The van der Waals surface area contributed by atoms with Crippen LogP contribution in [0.5, 0.6) is 5.75 Å². The summed E-state index contributed by atoms with van der Waals surface area (Å²) in [6.45, 7) is 2.02. The van der Waals surface area contributed by atoms with Gasteiger partial charge >= 0.3 is 5.97 Å². The third-order valence-electron chi connectivity index (χ3n) is 5.24. The van der Waals surface area contributed by atoms with Crippen molar-refractivity contribution >= 4 is 17.6 Å². The minimum atomic E-state index is -0.840. The van der Waals surface area contributed by atoms with E-state index >= 15 is 0 Å². The number of fused-ring (bicyclic) bond motifs is 2. The third-order valence-corrected chi connectivity index (χ3v) is 5.24. The molecule has 0 aromatic heterocycles. The number of nitrogens with zero attached hydrogens (tertiary/aromatic N) is 1. The zero-order valence-corrected chi connectivity index (χ0v) is 15.4. The van der Waals surface area contributed by atoms with Gasteiger partial charge in [-0.3, -0.25) is 4.79 Å². The molecule has 0 saturated carbocycles. The van der Waals surface area contributed by atoms with Crippen molar-refractivity contribution < 1.29 is 19.1 Å². The number of ether oxygens (including phenoxy) is 2. The number of carbonyl (C=O) groups is 2. The number of hydrogen-bond donors (Lipinski definition) is 0. The molecule has 5 nitrogen and oxygen atoms in total. The summed E-state index contributed by atoms with van der Waals surface area (Å²) in [6.07, 6.45) is 3.31. The molecule has 0 unspecified atom stereocenters. The molecule has 0 spiro atoms. The molecular formula is C22H23NO4. The van der Waals surface area contributed by atoms with Gasteiger partial charge in [0, 0.05) is 12.2 Å². The van der Waals surface area contributed by atoms with E-state index in [1.807, 2.05) is 36.4 Å². The quantitative estimate of drug-likeness (QED) is 0.764. The highest BCUT2D eigenvalue weighted by molar-refractivity contribution is 5.99. The number of anilines is 1. The van der Waals surface area contributed by atoms with Crippen LogP contribution in [0.2, 0.25) is 0 Å². The van der Waals surface area contributed by atoms with E-state index < -0.39 is 12.1 Å². The Morgan fingerprint density at radius 1 is 1.04 bits per heavy atom. The highest BCUT2D eigenvalue weighted by Crippen LogP contribution is 2.28. The molecule has 0 radical (unpaired) electrons. The van der Waals surface area contributed by atoms with Gasteiger partial charge in [-0.25, -0.2) is 4.79 Å². The number of para-hydroxylation sites is 1. The van der Waals surface area contributed by atoms with E-state index in [0.717, 1.165) is 30.5 Å². The number of rotatable bonds is 5. The summed E-state index contributed by atoms with van der Waals surface area (Å²) >= 11 is 0. The second-order valence-corrected chi connectivity index (χ2v) is 7.07. The largest absolute Gasteiger partial charge is 0.482 e. The second kappa shape index (κ2) is 7.43. The average Bonchev–Trinajstić information content (AvgIpc) is 3.32. The van der Waals surface area contributed by atoms with E-state index in [9.17, 15) is 9.59 Å². The lowest BCUT2D eigenvalue weighted by molar-refractivity contribution is -0.155. The Balaban J connectivity index is 1.31. The van der Waals surface area contributed by atoms with Crippen LogP contribution in [0.3, 0.4) is 0 Å². The molecule has 2 aromatic rings. The molecule has 1 aliphatic heterocycles. The van der Waals surface area contributed by atoms with Crippen LogP contribution in [-0.2, 0) is 33.6 Å². The molecule has 2 aliphatic rings. The first-order valence-corrected chi connectivity index (χ1v) is 9.45. The topological polar surface area (TPSA) is 55.8 Å². The maximum Gasteiger partial charge on any atom is 0.344 e. The van der Waals surface area contributed by atoms with Crippen LogP contribution in [-0.4, -0.2) is 31.1 Å². The van der Waals surface area contributed by atoms with Crippen molar-refractivity contribution in [3.63, 3.8) is 0 Å². The number of carbonyl (C=O) groups excluding carboxylic acids is 2. The Kier molecular flexibility index (Phi) is 4.84. The molecule has 1 aliphatic carbocycles. The summed E-state index contributed by atoms with van der Waals surface area (Å²) in [6, 6.07) is 13.7. The molecule has 1 atom stereocenters. The number of esters is 1. The molecule has 2 aromatic carbocycles. The van der Waals surface area contributed by atoms with Crippen LogP contribution in [0, 0.1) is 0 Å². The Morgan fingerprint density at radius 2 is 1.85 bits per heavy atom. The third kappa shape index (κ3) is 3.68. The van der Waals surface area contributed by atoms with Crippen molar-refractivity contribution in [2.24, 2.45) is 0 Å². The molecular weight excluding hydrogens is 342 g/mol. The zero-order chi connectivity index (χ0) is 18.8. The molecule has 1 amide bonds. The molecule has 27 heavy (non-hydrogen) atoms. The molecule has 5 heteroatoms. The van der Waals surface area contributed by atoms with Gasteiger partial charge in [0.1, 0.15) is 5.75 Å². The van der Waals surface area contributed by atoms with Gasteiger partial charge in [0.05, 0.1) is 0 Å². The SMILES string of the molecule is C[C@H](OC(=O)COc1ccc2c(c1)CCC2)C(=O)N1CCc2ccccc21. The highest BCUT2D eigenvalue weighted by Gasteiger charge is 2.29. The molecule has 0 bridgehead atoms. The van der Waals surface area contributed by atoms with Gasteiger partial charge in [-0.2, -0.15) is 0 Å². The van der Waals surface area contributed by atoms with Gasteiger partial charge in [-0.1, -0.05) is 24.3 Å². The van der Waals surface area contributed by atoms with Crippen molar-refractivity contribution in [2.45, 2.75) is 38.7 Å². The average molecular weight is 365 g/mol. The van der Waals surface area contributed by atoms with E-state index in [2.05, 4.69) is 6.07 Å². The predicted octanol–water partition coefficient (Wildman–Crippen LogP) is 3.08. The van der Waals surface area contributed by atoms with Crippen molar-refractivity contribution in [1.82, 2.24) is 0 Å². The zero-order valence-electron chi connectivity index (χ0n) is 15.4. The molecule has 0 fully saturated rings. The smallest absolute Gasteiger partial charge is 0.344 e. The summed E-state index contributed by atoms with van der Waals surface area (Å²) in [5.74, 6) is -0.0743. The van der Waals surface area contributed by atoms with Crippen LogP contribution in [0.25, 0.3) is 0 Å². The van der Waals surface area contributed by atoms with Crippen LogP contribution >= 0.6 is 0 Å². The Morgan fingerprint density at radius 3 is 2.74 bits per heavy atom. The number of benzene rings is 2. The predicted molar refractivity (Wildman–Crippen MR) is 102 cm³/mol. The lowest BCUT2D eigenvalue weighted by atomic mass is 10.1. The van der Waals surface area contributed by atoms with Crippen LogP contribution in [0.4, 0.5) is 5.69 Å². The Labute approximate surface area is 158 Å². The fraction of sp³-hybridized carbons (Fsp3) is 0.364. The summed E-state index contributed by atoms with van der Waals surface area (Å²) in [5.41, 5.74) is 4.69. The highest BCUT2D eigenvalue weighted by atomic mass is 16.6. The first kappa shape index (κ1) is 17.6. The van der Waals surface area contributed by atoms with Gasteiger partial charge in [-0.15, -0.1) is 0 Å². The molecule has 140 valence electrons. The summed E-state index contributed by atoms with van der Waals surface area (Å²) in [7, 11) is 0. The number of hydrogen-bond acceptors (Lipinski definition) is 4. The Bertz CT molecular complexity index is 876. The lowest BCUT2D eigenvalue weighted by Crippen LogP contribution is -2.39. The molecule has 0 saturated heterocycles. The fourth-order valence-electron chi connectivity index (χ4n) is 3.85. The molecule has 0 N–H and O–H groups in total. The number of aryl methyl sites for hydroxylation is 2. The lowest BCUT2D eigenvalue weighted by Gasteiger charge is -2.21.